The highest BCUT2D eigenvalue weighted by Crippen LogP contribution is 2.37. The van der Waals surface area contributed by atoms with E-state index in [-0.39, 0.29) is 11.3 Å². The number of benzene rings is 1. The molecule has 0 aliphatic heterocycles. The number of ether oxygens (including phenoxy) is 1. The van der Waals surface area contributed by atoms with Gasteiger partial charge >= 0.3 is 18.5 Å². The van der Waals surface area contributed by atoms with E-state index < -0.39 is 46.2 Å². The molecular weight excluding hydrogens is 377 g/mol. The van der Waals surface area contributed by atoms with Crippen LogP contribution in [-0.4, -0.2) is 21.6 Å². The molecule has 0 aliphatic rings. The van der Waals surface area contributed by atoms with Crippen molar-refractivity contribution in [3.63, 3.8) is 0 Å². The van der Waals surface area contributed by atoms with Crippen LogP contribution in [0.3, 0.4) is 0 Å². The molecule has 3 aromatic rings. The van der Waals surface area contributed by atoms with Crippen LogP contribution < -0.4 is 10.5 Å². The van der Waals surface area contributed by atoms with Gasteiger partial charge in [-0.2, -0.15) is 22.0 Å². The van der Waals surface area contributed by atoms with Gasteiger partial charge < -0.3 is 9.15 Å². The molecule has 0 unspecified atom stereocenters. The summed E-state index contributed by atoms with van der Waals surface area (Å²) < 4.78 is 72.1. The van der Waals surface area contributed by atoms with Crippen LogP contribution in [0.2, 0.25) is 5.15 Å². The average molecular weight is 382 g/mol. The summed E-state index contributed by atoms with van der Waals surface area (Å²) in [6, 6.07) is 1.71. The zero-order valence-electron chi connectivity index (χ0n) is 11.7. The number of alkyl halides is 5. The van der Waals surface area contributed by atoms with Gasteiger partial charge in [0.1, 0.15) is 5.52 Å². The van der Waals surface area contributed by atoms with Crippen LogP contribution >= 0.6 is 11.6 Å². The smallest absolute Gasteiger partial charge is 0.414 e. The Balaban J connectivity index is 2.17. The van der Waals surface area contributed by atoms with Crippen LogP contribution in [0.25, 0.3) is 22.4 Å². The molecule has 0 radical (unpaired) electrons. The Kier molecular flexibility index (Phi) is 4.11. The molecule has 0 aliphatic carbocycles. The minimum atomic E-state index is -4.73. The minimum Gasteiger partial charge on any atom is -0.414 e. The standard InChI is InChI=1S/C13H5ClF5N3O3/c14-9-10(25-11(15)16)20-3-6(21-9)4-1-2-5(13(17,18)19)7-8(4)24-12(23)22-7/h1-3,11H,(H,22,23). The molecule has 0 saturated carbocycles. The van der Waals surface area contributed by atoms with Crippen LogP contribution in [0.4, 0.5) is 22.0 Å². The van der Waals surface area contributed by atoms with E-state index in [1.807, 2.05) is 4.98 Å². The normalized spacial score (nSPS) is 12.1. The van der Waals surface area contributed by atoms with Crippen LogP contribution in [0, 0.1) is 0 Å². The number of hydrogen-bond donors (Lipinski definition) is 1. The summed E-state index contributed by atoms with van der Waals surface area (Å²) in [6.07, 6.45) is -3.79. The number of aromatic nitrogens is 3. The number of halogens is 6. The topological polar surface area (TPSA) is 81.0 Å². The fraction of sp³-hybridized carbons (Fsp3) is 0.154. The number of H-pyrrole nitrogens is 1. The first-order valence-electron chi connectivity index (χ1n) is 6.37. The predicted molar refractivity (Wildman–Crippen MR) is 74.5 cm³/mol. The lowest BCUT2D eigenvalue weighted by Crippen LogP contribution is -2.07. The molecule has 25 heavy (non-hydrogen) atoms. The highest BCUT2D eigenvalue weighted by molar-refractivity contribution is 6.30. The van der Waals surface area contributed by atoms with Crippen molar-refractivity contribution in [2.24, 2.45) is 0 Å². The van der Waals surface area contributed by atoms with Gasteiger partial charge in [-0.1, -0.05) is 11.6 Å². The summed E-state index contributed by atoms with van der Waals surface area (Å²) in [4.78, 5) is 20.6. The second-order valence-corrected chi connectivity index (χ2v) is 4.96. The van der Waals surface area contributed by atoms with Crippen molar-refractivity contribution < 1.29 is 31.1 Å². The lowest BCUT2D eigenvalue weighted by Gasteiger charge is -2.10. The Morgan fingerprint density at radius 2 is 2.00 bits per heavy atom. The number of rotatable bonds is 3. The van der Waals surface area contributed by atoms with Gasteiger partial charge in [-0.3, -0.25) is 4.98 Å². The van der Waals surface area contributed by atoms with Crippen molar-refractivity contribution in [1.82, 2.24) is 15.0 Å². The van der Waals surface area contributed by atoms with Gasteiger partial charge in [0.25, 0.3) is 5.88 Å². The zero-order chi connectivity index (χ0) is 18.4. The van der Waals surface area contributed by atoms with Crippen LogP contribution in [0.5, 0.6) is 5.88 Å². The van der Waals surface area contributed by atoms with E-state index in [1.54, 1.807) is 0 Å². The Hall–Kier alpha value is -2.69. The minimum absolute atomic E-state index is 0.0423. The molecule has 1 N–H and O–H groups in total. The summed E-state index contributed by atoms with van der Waals surface area (Å²) in [6.45, 7) is -3.18. The third-order valence-corrected chi connectivity index (χ3v) is 3.31. The molecule has 0 atom stereocenters. The van der Waals surface area contributed by atoms with Gasteiger partial charge in [0.15, 0.2) is 10.7 Å². The molecule has 1 aromatic carbocycles. The maximum atomic E-state index is 13.0. The van der Waals surface area contributed by atoms with Gasteiger partial charge in [0.2, 0.25) is 0 Å². The van der Waals surface area contributed by atoms with Crippen LogP contribution in [0.15, 0.2) is 27.5 Å². The zero-order valence-corrected chi connectivity index (χ0v) is 12.5. The molecule has 132 valence electrons. The molecule has 0 saturated heterocycles. The van der Waals surface area contributed by atoms with Crippen molar-refractivity contribution >= 4 is 22.7 Å². The maximum Gasteiger partial charge on any atom is 0.418 e. The molecule has 12 heteroatoms. The molecule has 0 spiro atoms. The van der Waals surface area contributed by atoms with E-state index in [0.717, 1.165) is 12.3 Å². The summed E-state index contributed by atoms with van der Waals surface area (Å²) >= 11 is 5.67. The fourth-order valence-electron chi connectivity index (χ4n) is 2.12. The summed E-state index contributed by atoms with van der Waals surface area (Å²) in [7, 11) is 0. The fourth-order valence-corrected chi connectivity index (χ4v) is 2.30. The van der Waals surface area contributed by atoms with Gasteiger partial charge in [0, 0.05) is 5.56 Å². The second-order valence-electron chi connectivity index (χ2n) is 4.61. The van der Waals surface area contributed by atoms with Gasteiger partial charge in [-0.15, -0.1) is 0 Å². The summed E-state index contributed by atoms with van der Waals surface area (Å²) in [5.41, 5.74) is -2.27. The molecule has 2 heterocycles. The third-order valence-electron chi connectivity index (χ3n) is 3.06. The van der Waals surface area contributed by atoms with E-state index in [9.17, 15) is 26.7 Å². The Labute approximate surface area is 139 Å². The Morgan fingerprint density at radius 1 is 1.28 bits per heavy atom. The average Bonchev–Trinajstić information content (AvgIpc) is 2.87. The number of fused-ring (bicyclic) bond motifs is 1. The first-order valence-corrected chi connectivity index (χ1v) is 6.75. The first-order chi connectivity index (χ1) is 11.7. The second kappa shape index (κ2) is 5.99. The highest BCUT2D eigenvalue weighted by atomic mass is 35.5. The number of nitrogens with zero attached hydrogens (tertiary/aromatic N) is 2. The summed E-state index contributed by atoms with van der Waals surface area (Å²) in [5.74, 6) is -1.76. The van der Waals surface area contributed by atoms with Crippen LogP contribution in [0.1, 0.15) is 5.56 Å². The monoisotopic (exact) mass is 381 g/mol. The third kappa shape index (κ3) is 3.27. The van der Waals surface area contributed by atoms with Gasteiger partial charge in [-0.25, -0.2) is 14.8 Å². The summed E-state index contributed by atoms with van der Waals surface area (Å²) in [5, 5.41) is -0.538. The predicted octanol–water partition coefficient (Wildman–Crippen LogP) is 3.85. The van der Waals surface area contributed by atoms with Gasteiger partial charge in [-0.05, 0) is 12.1 Å². The van der Waals surface area contributed by atoms with Gasteiger partial charge in [0.05, 0.1) is 17.5 Å². The molecule has 0 bridgehead atoms. The van der Waals surface area contributed by atoms with Crippen molar-refractivity contribution in [3.8, 4) is 17.1 Å². The van der Waals surface area contributed by atoms with E-state index >= 15 is 0 Å². The van der Waals surface area contributed by atoms with Crippen molar-refractivity contribution in [1.29, 1.82) is 0 Å². The molecule has 0 amide bonds. The number of nitrogens with one attached hydrogen (secondary N) is 1. The SMILES string of the molecule is O=c1[nH]c2c(C(F)(F)F)ccc(-c3cnc(OC(F)F)c(Cl)n3)c2o1. The maximum absolute atomic E-state index is 13.0. The Bertz CT molecular complexity index is 999. The number of hydrogen-bond acceptors (Lipinski definition) is 5. The van der Waals surface area contributed by atoms with E-state index in [4.69, 9.17) is 16.0 Å². The highest BCUT2D eigenvalue weighted by Gasteiger charge is 2.35. The molecule has 2 aromatic heterocycles. The number of oxazole rings is 1. The molecule has 6 nitrogen and oxygen atoms in total. The molecule has 3 rings (SSSR count). The van der Waals surface area contributed by atoms with E-state index in [0.29, 0.717) is 6.07 Å². The largest absolute Gasteiger partial charge is 0.418 e. The van der Waals surface area contributed by atoms with Crippen LogP contribution in [-0.2, 0) is 6.18 Å². The van der Waals surface area contributed by atoms with Crippen molar-refractivity contribution in [3.05, 3.63) is 39.6 Å². The first kappa shape index (κ1) is 17.1. The van der Waals surface area contributed by atoms with Crippen molar-refractivity contribution in [2.75, 3.05) is 0 Å². The lowest BCUT2D eigenvalue weighted by atomic mass is 10.1. The molecular formula is C13H5ClF5N3O3. The Morgan fingerprint density at radius 3 is 2.60 bits per heavy atom. The number of aromatic amines is 1. The van der Waals surface area contributed by atoms with E-state index in [2.05, 4.69) is 14.7 Å². The molecule has 0 fully saturated rings. The lowest BCUT2D eigenvalue weighted by molar-refractivity contribution is -0.136. The van der Waals surface area contributed by atoms with Crippen molar-refractivity contribution in [2.45, 2.75) is 12.8 Å². The van der Waals surface area contributed by atoms with E-state index in [1.165, 1.54) is 0 Å². The quantitative estimate of drug-likeness (QED) is 0.697.